The highest BCUT2D eigenvalue weighted by atomic mass is 19.4. The number of alkyl halides is 3. The molecular weight excluding hydrogens is 331 g/mol. The highest BCUT2D eigenvalue weighted by Crippen LogP contribution is 2.33. The molecule has 2 aliphatic rings. The van der Waals surface area contributed by atoms with Crippen molar-refractivity contribution in [1.29, 1.82) is 0 Å². The van der Waals surface area contributed by atoms with E-state index in [1.54, 1.807) is 0 Å². The van der Waals surface area contributed by atoms with Crippen molar-refractivity contribution in [3.63, 3.8) is 0 Å². The SMILES string of the molecule is FC(F)(F)c1ccc(-c2n[nH]c3c2CN(CC2CCOC2)CC3)cc1. The van der Waals surface area contributed by atoms with Crippen molar-refractivity contribution in [2.24, 2.45) is 5.92 Å². The maximum atomic E-state index is 12.7. The van der Waals surface area contributed by atoms with Crippen LogP contribution >= 0.6 is 0 Å². The maximum Gasteiger partial charge on any atom is 0.416 e. The molecule has 1 atom stereocenters. The Balaban J connectivity index is 1.54. The van der Waals surface area contributed by atoms with E-state index in [0.29, 0.717) is 5.92 Å². The topological polar surface area (TPSA) is 41.2 Å². The van der Waals surface area contributed by atoms with Crippen molar-refractivity contribution in [2.75, 3.05) is 26.3 Å². The quantitative estimate of drug-likeness (QED) is 0.920. The number of hydrogen-bond acceptors (Lipinski definition) is 3. The monoisotopic (exact) mass is 351 g/mol. The van der Waals surface area contributed by atoms with Crippen LogP contribution in [0.5, 0.6) is 0 Å². The van der Waals surface area contributed by atoms with Gasteiger partial charge in [0.1, 0.15) is 0 Å². The number of aromatic nitrogens is 2. The van der Waals surface area contributed by atoms with Gasteiger partial charge in [0.15, 0.2) is 0 Å². The van der Waals surface area contributed by atoms with Crippen LogP contribution in [0.25, 0.3) is 11.3 Å². The van der Waals surface area contributed by atoms with Gasteiger partial charge in [-0.05, 0) is 24.5 Å². The molecule has 0 saturated carbocycles. The molecule has 0 spiro atoms. The Morgan fingerprint density at radius 1 is 1.24 bits per heavy atom. The van der Waals surface area contributed by atoms with Gasteiger partial charge in [0.2, 0.25) is 0 Å². The van der Waals surface area contributed by atoms with E-state index < -0.39 is 11.7 Å². The molecule has 1 fully saturated rings. The first-order valence-electron chi connectivity index (χ1n) is 8.54. The summed E-state index contributed by atoms with van der Waals surface area (Å²) in [5.41, 5.74) is 3.04. The summed E-state index contributed by atoms with van der Waals surface area (Å²) >= 11 is 0. The first kappa shape index (κ1) is 16.6. The molecule has 1 N–H and O–H groups in total. The van der Waals surface area contributed by atoms with Gasteiger partial charge in [-0.25, -0.2) is 0 Å². The number of aromatic amines is 1. The van der Waals surface area contributed by atoms with Gasteiger partial charge in [0.25, 0.3) is 0 Å². The zero-order chi connectivity index (χ0) is 17.4. The minimum absolute atomic E-state index is 0.572. The van der Waals surface area contributed by atoms with Crippen LogP contribution in [0.15, 0.2) is 24.3 Å². The van der Waals surface area contributed by atoms with Crippen molar-refractivity contribution in [3.05, 3.63) is 41.1 Å². The van der Waals surface area contributed by atoms with Gasteiger partial charge < -0.3 is 4.74 Å². The fraction of sp³-hybridized carbons (Fsp3) is 0.500. The summed E-state index contributed by atoms with van der Waals surface area (Å²) < 4.78 is 43.7. The van der Waals surface area contributed by atoms with Gasteiger partial charge in [-0.3, -0.25) is 10.00 Å². The number of rotatable bonds is 3. The minimum Gasteiger partial charge on any atom is -0.381 e. The van der Waals surface area contributed by atoms with Crippen LogP contribution in [0, 0.1) is 5.92 Å². The molecule has 7 heteroatoms. The van der Waals surface area contributed by atoms with Crippen molar-refractivity contribution in [1.82, 2.24) is 15.1 Å². The van der Waals surface area contributed by atoms with Gasteiger partial charge in [-0.15, -0.1) is 0 Å². The molecule has 2 aromatic rings. The predicted octanol–water partition coefficient (Wildman–Crippen LogP) is 3.49. The predicted molar refractivity (Wildman–Crippen MR) is 86.9 cm³/mol. The Morgan fingerprint density at radius 2 is 2.04 bits per heavy atom. The molecule has 134 valence electrons. The van der Waals surface area contributed by atoms with Crippen LogP contribution in [-0.2, 0) is 23.9 Å². The van der Waals surface area contributed by atoms with Gasteiger partial charge in [0.05, 0.1) is 17.9 Å². The molecule has 1 unspecified atom stereocenters. The van der Waals surface area contributed by atoms with Gasteiger partial charge in [0, 0.05) is 49.5 Å². The first-order chi connectivity index (χ1) is 12.0. The van der Waals surface area contributed by atoms with E-state index in [2.05, 4.69) is 15.1 Å². The molecular formula is C18H20F3N3O. The van der Waals surface area contributed by atoms with Crippen LogP contribution in [0.3, 0.4) is 0 Å². The zero-order valence-electron chi connectivity index (χ0n) is 13.8. The normalized spacial score (nSPS) is 21.5. The van der Waals surface area contributed by atoms with E-state index in [9.17, 15) is 13.2 Å². The van der Waals surface area contributed by atoms with E-state index in [-0.39, 0.29) is 0 Å². The van der Waals surface area contributed by atoms with Crippen molar-refractivity contribution in [3.8, 4) is 11.3 Å². The van der Waals surface area contributed by atoms with E-state index in [1.807, 2.05) is 0 Å². The average molecular weight is 351 g/mol. The third kappa shape index (κ3) is 3.43. The summed E-state index contributed by atoms with van der Waals surface area (Å²) in [4.78, 5) is 2.39. The number of nitrogens with one attached hydrogen (secondary N) is 1. The van der Waals surface area contributed by atoms with Crippen LogP contribution < -0.4 is 0 Å². The molecule has 0 bridgehead atoms. The standard InChI is InChI=1S/C18H20F3N3O/c19-18(20,21)14-3-1-13(2-4-14)17-15-10-24(7-5-16(15)22-23-17)9-12-6-8-25-11-12/h1-4,12H,5-11H2,(H,22,23). The molecule has 0 amide bonds. The lowest BCUT2D eigenvalue weighted by Crippen LogP contribution is -2.34. The molecule has 0 aliphatic carbocycles. The summed E-state index contributed by atoms with van der Waals surface area (Å²) in [6.07, 6.45) is -2.33. The second-order valence-corrected chi connectivity index (χ2v) is 6.82. The number of halogens is 3. The lowest BCUT2D eigenvalue weighted by molar-refractivity contribution is -0.137. The summed E-state index contributed by atoms with van der Waals surface area (Å²) in [5.74, 6) is 0.572. The fourth-order valence-corrected chi connectivity index (χ4v) is 3.66. The Hall–Kier alpha value is -1.86. The molecule has 3 heterocycles. The third-order valence-corrected chi connectivity index (χ3v) is 5.04. The first-order valence-corrected chi connectivity index (χ1v) is 8.54. The Morgan fingerprint density at radius 3 is 2.72 bits per heavy atom. The van der Waals surface area contributed by atoms with Crippen molar-refractivity contribution < 1.29 is 17.9 Å². The summed E-state index contributed by atoms with van der Waals surface area (Å²) in [5, 5.41) is 7.43. The van der Waals surface area contributed by atoms with Crippen LogP contribution in [0.4, 0.5) is 13.2 Å². The van der Waals surface area contributed by atoms with E-state index in [0.717, 1.165) is 80.3 Å². The molecule has 4 rings (SSSR count). The second-order valence-electron chi connectivity index (χ2n) is 6.82. The lowest BCUT2D eigenvalue weighted by atomic mass is 9.99. The molecule has 2 aliphatic heterocycles. The van der Waals surface area contributed by atoms with Crippen LogP contribution in [0.2, 0.25) is 0 Å². The number of fused-ring (bicyclic) bond motifs is 1. The number of nitrogens with zero attached hydrogens (tertiary/aromatic N) is 2. The van der Waals surface area contributed by atoms with E-state index in [4.69, 9.17) is 4.74 Å². The van der Waals surface area contributed by atoms with E-state index >= 15 is 0 Å². The number of hydrogen-bond donors (Lipinski definition) is 1. The van der Waals surface area contributed by atoms with Crippen molar-refractivity contribution >= 4 is 0 Å². The Labute approximate surface area is 144 Å². The summed E-state index contributed by atoms with van der Waals surface area (Å²) in [7, 11) is 0. The zero-order valence-corrected chi connectivity index (χ0v) is 13.8. The highest BCUT2D eigenvalue weighted by Gasteiger charge is 2.31. The lowest BCUT2D eigenvalue weighted by Gasteiger charge is -2.29. The van der Waals surface area contributed by atoms with Gasteiger partial charge >= 0.3 is 6.18 Å². The molecule has 1 aromatic carbocycles. The fourth-order valence-electron chi connectivity index (χ4n) is 3.66. The Bertz CT molecular complexity index is 733. The van der Waals surface area contributed by atoms with Crippen molar-refractivity contribution in [2.45, 2.75) is 25.6 Å². The number of H-pyrrole nitrogens is 1. The maximum absolute atomic E-state index is 12.7. The minimum atomic E-state index is -4.32. The van der Waals surface area contributed by atoms with Gasteiger partial charge in [-0.2, -0.15) is 18.3 Å². The Kier molecular flexibility index (Phi) is 4.29. The summed E-state index contributed by atoms with van der Waals surface area (Å²) in [6, 6.07) is 5.24. The van der Waals surface area contributed by atoms with Crippen LogP contribution in [0.1, 0.15) is 23.2 Å². The largest absolute Gasteiger partial charge is 0.416 e. The molecule has 4 nitrogen and oxygen atoms in total. The molecule has 1 aromatic heterocycles. The third-order valence-electron chi connectivity index (χ3n) is 5.04. The average Bonchev–Trinajstić information content (AvgIpc) is 3.23. The summed E-state index contributed by atoms with van der Waals surface area (Å²) in [6.45, 7) is 4.40. The molecule has 25 heavy (non-hydrogen) atoms. The molecule has 0 radical (unpaired) electrons. The number of ether oxygens (including phenoxy) is 1. The highest BCUT2D eigenvalue weighted by molar-refractivity contribution is 5.64. The molecule has 1 saturated heterocycles. The second kappa shape index (κ2) is 6.46. The smallest absolute Gasteiger partial charge is 0.381 e. The number of benzene rings is 1. The van der Waals surface area contributed by atoms with Crippen LogP contribution in [-0.4, -0.2) is 41.4 Å². The van der Waals surface area contributed by atoms with E-state index in [1.165, 1.54) is 12.1 Å². The van der Waals surface area contributed by atoms with Gasteiger partial charge in [-0.1, -0.05) is 12.1 Å².